The van der Waals surface area contributed by atoms with Gasteiger partial charge < -0.3 is 9.42 Å². The molecule has 1 amide bonds. The van der Waals surface area contributed by atoms with Gasteiger partial charge in [-0.05, 0) is 18.2 Å². The minimum atomic E-state index is -0.0967. The highest BCUT2D eigenvalue weighted by molar-refractivity contribution is 6.31. The van der Waals surface area contributed by atoms with Gasteiger partial charge in [-0.25, -0.2) is 4.98 Å². The molecular weight excluding hydrogens is 342 g/mol. The highest BCUT2D eigenvalue weighted by Crippen LogP contribution is 2.31. The zero-order chi connectivity index (χ0) is 17.7. The van der Waals surface area contributed by atoms with E-state index in [0.29, 0.717) is 34.5 Å². The van der Waals surface area contributed by atoms with Crippen molar-refractivity contribution in [3.05, 3.63) is 46.6 Å². The van der Waals surface area contributed by atoms with Crippen molar-refractivity contribution < 1.29 is 9.32 Å². The van der Waals surface area contributed by atoms with Crippen molar-refractivity contribution >= 4 is 17.5 Å². The van der Waals surface area contributed by atoms with Crippen molar-refractivity contribution in [3.63, 3.8) is 0 Å². The normalized spacial score (nSPS) is 13.8. The van der Waals surface area contributed by atoms with Gasteiger partial charge in [-0.15, -0.1) is 0 Å². The zero-order valence-electron chi connectivity index (χ0n) is 14.0. The van der Waals surface area contributed by atoms with Gasteiger partial charge in [0.1, 0.15) is 6.33 Å². The molecule has 0 saturated carbocycles. The minimum absolute atomic E-state index is 0.0967. The molecule has 3 heterocycles. The second-order valence-corrected chi connectivity index (χ2v) is 6.78. The Hall–Kier alpha value is -2.67. The molecule has 0 fully saturated rings. The van der Waals surface area contributed by atoms with Gasteiger partial charge in [0.25, 0.3) is 11.8 Å². The summed E-state index contributed by atoms with van der Waals surface area (Å²) in [6.45, 7) is 4.36. The molecule has 128 valence electrons. The van der Waals surface area contributed by atoms with E-state index in [2.05, 4.69) is 15.1 Å². The number of amides is 1. The molecule has 1 aromatic carbocycles. The number of carbonyl (C=O) groups excluding carboxylic acids is 1. The van der Waals surface area contributed by atoms with Crippen LogP contribution in [-0.2, 0) is 6.54 Å². The second-order valence-electron chi connectivity index (χ2n) is 6.34. The van der Waals surface area contributed by atoms with Gasteiger partial charge >= 0.3 is 0 Å². The molecule has 0 spiro atoms. The van der Waals surface area contributed by atoms with Gasteiger partial charge in [0, 0.05) is 18.0 Å². The second kappa shape index (κ2) is 5.70. The van der Waals surface area contributed by atoms with Crippen LogP contribution in [0.5, 0.6) is 0 Å². The summed E-state index contributed by atoms with van der Waals surface area (Å²) in [5.41, 5.74) is 2.67. The fourth-order valence-electron chi connectivity index (χ4n) is 2.87. The Labute approximate surface area is 149 Å². The van der Waals surface area contributed by atoms with Gasteiger partial charge in [-0.2, -0.15) is 4.98 Å². The number of fused-ring (bicyclic) bond motifs is 3. The predicted octanol–water partition coefficient (Wildman–Crippen LogP) is 3.28. The molecule has 0 radical (unpaired) electrons. The molecule has 25 heavy (non-hydrogen) atoms. The molecule has 3 aromatic rings. The SMILES string of the molecule is CC(C)c1noc(-c2ncn3c2CN(C)C(=O)c2cc(Cl)ccc2-3)n1. The fraction of sp³-hybridized carbons (Fsp3) is 0.294. The number of hydrogen-bond acceptors (Lipinski definition) is 5. The van der Waals surface area contributed by atoms with Crippen LogP contribution < -0.4 is 0 Å². The van der Waals surface area contributed by atoms with E-state index in [0.717, 1.165) is 11.4 Å². The van der Waals surface area contributed by atoms with Crippen LogP contribution in [0, 0.1) is 0 Å². The average molecular weight is 358 g/mol. The van der Waals surface area contributed by atoms with Gasteiger partial charge in [-0.1, -0.05) is 30.6 Å². The Balaban J connectivity index is 1.90. The lowest BCUT2D eigenvalue weighted by atomic mass is 10.1. The van der Waals surface area contributed by atoms with E-state index >= 15 is 0 Å². The fourth-order valence-corrected chi connectivity index (χ4v) is 3.04. The number of carbonyl (C=O) groups is 1. The Kier molecular flexibility index (Phi) is 3.61. The first-order valence-corrected chi connectivity index (χ1v) is 8.29. The van der Waals surface area contributed by atoms with Crippen LogP contribution in [0.3, 0.4) is 0 Å². The molecular formula is C17H16ClN5O2. The lowest BCUT2D eigenvalue weighted by Gasteiger charge is -2.14. The Morgan fingerprint density at radius 3 is 2.84 bits per heavy atom. The largest absolute Gasteiger partial charge is 0.336 e. The molecule has 0 bridgehead atoms. The van der Waals surface area contributed by atoms with Crippen molar-refractivity contribution in [2.75, 3.05) is 7.05 Å². The lowest BCUT2D eigenvalue weighted by Crippen LogP contribution is -2.25. The molecule has 1 aliphatic heterocycles. The summed E-state index contributed by atoms with van der Waals surface area (Å²) in [5.74, 6) is 1.05. The summed E-state index contributed by atoms with van der Waals surface area (Å²) in [6, 6.07) is 5.25. The maximum absolute atomic E-state index is 12.7. The highest BCUT2D eigenvalue weighted by atomic mass is 35.5. The Morgan fingerprint density at radius 1 is 1.32 bits per heavy atom. The molecule has 0 saturated heterocycles. The number of nitrogens with zero attached hydrogens (tertiary/aromatic N) is 5. The Bertz CT molecular complexity index is 975. The number of aromatic nitrogens is 4. The zero-order valence-corrected chi connectivity index (χ0v) is 14.8. The summed E-state index contributed by atoms with van der Waals surface area (Å²) in [5, 5.41) is 4.52. The number of hydrogen-bond donors (Lipinski definition) is 0. The van der Waals surface area contributed by atoms with Crippen LogP contribution in [0.15, 0.2) is 29.0 Å². The van der Waals surface area contributed by atoms with Crippen LogP contribution in [0.25, 0.3) is 17.3 Å². The van der Waals surface area contributed by atoms with Crippen LogP contribution in [0.4, 0.5) is 0 Å². The number of rotatable bonds is 2. The number of halogens is 1. The molecule has 0 unspecified atom stereocenters. The molecule has 2 aromatic heterocycles. The monoisotopic (exact) mass is 357 g/mol. The van der Waals surface area contributed by atoms with Crippen molar-refractivity contribution in [2.45, 2.75) is 26.3 Å². The minimum Gasteiger partial charge on any atom is -0.336 e. The van der Waals surface area contributed by atoms with E-state index in [1.54, 1.807) is 30.4 Å². The Morgan fingerprint density at radius 2 is 2.12 bits per heavy atom. The molecule has 8 heteroatoms. The summed E-state index contributed by atoms with van der Waals surface area (Å²) in [7, 11) is 1.74. The quantitative estimate of drug-likeness (QED) is 0.703. The third-order valence-electron chi connectivity index (χ3n) is 4.21. The van der Waals surface area contributed by atoms with E-state index in [9.17, 15) is 4.79 Å². The summed E-state index contributed by atoms with van der Waals surface area (Å²) in [6.07, 6.45) is 1.67. The lowest BCUT2D eigenvalue weighted by molar-refractivity contribution is 0.0788. The highest BCUT2D eigenvalue weighted by Gasteiger charge is 2.28. The third kappa shape index (κ3) is 2.51. The first-order valence-electron chi connectivity index (χ1n) is 7.91. The van der Waals surface area contributed by atoms with Gasteiger partial charge in [0.15, 0.2) is 11.5 Å². The van der Waals surface area contributed by atoms with Gasteiger partial charge in [0.2, 0.25) is 0 Å². The molecule has 4 rings (SSSR count). The summed E-state index contributed by atoms with van der Waals surface area (Å²) < 4.78 is 7.26. The number of benzene rings is 1. The maximum atomic E-state index is 12.7. The van der Waals surface area contributed by atoms with Gasteiger partial charge in [0.05, 0.1) is 23.5 Å². The summed E-state index contributed by atoms with van der Waals surface area (Å²) >= 11 is 6.07. The van der Waals surface area contributed by atoms with Crippen molar-refractivity contribution in [3.8, 4) is 17.3 Å². The van der Waals surface area contributed by atoms with Crippen LogP contribution >= 0.6 is 11.6 Å². The number of imidazole rings is 1. The summed E-state index contributed by atoms with van der Waals surface area (Å²) in [4.78, 5) is 23.2. The average Bonchev–Trinajstić information content (AvgIpc) is 3.19. The maximum Gasteiger partial charge on any atom is 0.278 e. The van der Waals surface area contributed by atoms with E-state index < -0.39 is 0 Å². The molecule has 0 N–H and O–H groups in total. The van der Waals surface area contributed by atoms with Crippen LogP contribution in [0.2, 0.25) is 5.02 Å². The first kappa shape index (κ1) is 15.8. The topological polar surface area (TPSA) is 77.0 Å². The molecule has 0 aliphatic carbocycles. The van der Waals surface area contributed by atoms with E-state index in [4.69, 9.17) is 16.1 Å². The molecule has 7 nitrogen and oxygen atoms in total. The van der Waals surface area contributed by atoms with Gasteiger partial charge in [-0.3, -0.25) is 9.36 Å². The third-order valence-corrected chi connectivity index (χ3v) is 4.44. The van der Waals surface area contributed by atoms with Crippen molar-refractivity contribution in [1.82, 2.24) is 24.6 Å². The first-order chi connectivity index (χ1) is 12.0. The van der Waals surface area contributed by atoms with Crippen LogP contribution in [-0.4, -0.2) is 37.5 Å². The predicted molar refractivity (Wildman–Crippen MR) is 91.8 cm³/mol. The molecule has 1 aliphatic rings. The smallest absolute Gasteiger partial charge is 0.278 e. The van der Waals surface area contributed by atoms with E-state index in [-0.39, 0.29) is 11.8 Å². The van der Waals surface area contributed by atoms with Crippen molar-refractivity contribution in [1.29, 1.82) is 0 Å². The standard InChI is InChI=1S/C17H16ClN5O2/c1-9(2)15-20-16(25-21-15)14-13-7-22(3)17(24)11-6-10(18)4-5-12(11)23(13)8-19-14/h4-6,8-9H,7H2,1-3H3. The van der Waals surface area contributed by atoms with E-state index in [1.807, 2.05) is 24.5 Å². The van der Waals surface area contributed by atoms with Crippen LogP contribution in [0.1, 0.15) is 41.6 Å². The van der Waals surface area contributed by atoms with Crippen molar-refractivity contribution in [2.24, 2.45) is 0 Å². The molecule has 0 atom stereocenters. The van der Waals surface area contributed by atoms with E-state index in [1.165, 1.54) is 0 Å².